The Morgan fingerprint density at radius 3 is 2.31 bits per heavy atom. The lowest BCUT2D eigenvalue weighted by molar-refractivity contribution is -0.142. The molecule has 2 aromatic carbocycles. The second-order valence-corrected chi connectivity index (χ2v) is 7.41. The average molecular weight is 396 g/mol. The summed E-state index contributed by atoms with van der Waals surface area (Å²) < 4.78 is 4.64. The van der Waals surface area contributed by atoms with Gasteiger partial charge < -0.3 is 15.6 Å². The van der Waals surface area contributed by atoms with Crippen LogP contribution in [0.4, 0.5) is 0 Å². The third kappa shape index (κ3) is 4.91. The number of hydrogen-bond acceptors (Lipinski definition) is 4. The summed E-state index contributed by atoms with van der Waals surface area (Å²) in [6.07, 6.45) is 0.837. The van der Waals surface area contributed by atoms with E-state index in [4.69, 9.17) is 28.9 Å². The van der Waals surface area contributed by atoms with Crippen molar-refractivity contribution in [1.29, 1.82) is 0 Å². The fraction of sp³-hybridized carbons (Fsp3) is 0.350. The molecule has 0 saturated heterocycles. The summed E-state index contributed by atoms with van der Waals surface area (Å²) in [7, 11) is 1.30. The van der Waals surface area contributed by atoms with Crippen molar-refractivity contribution < 1.29 is 14.6 Å². The molecule has 0 aliphatic heterocycles. The van der Waals surface area contributed by atoms with E-state index in [1.165, 1.54) is 7.11 Å². The number of ether oxygens (including phenoxy) is 1. The van der Waals surface area contributed by atoms with Crippen molar-refractivity contribution >= 4 is 29.2 Å². The monoisotopic (exact) mass is 395 g/mol. The largest absolute Gasteiger partial charge is 0.508 e. The van der Waals surface area contributed by atoms with Crippen LogP contribution in [0.2, 0.25) is 10.0 Å². The molecule has 2 rings (SSSR count). The maximum Gasteiger partial charge on any atom is 0.322 e. The van der Waals surface area contributed by atoms with Crippen LogP contribution in [0.1, 0.15) is 42.0 Å². The van der Waals surface area contributed by atoms with Gasteiger partial charge in [0.15, 0.2) is 0 Å². The van der Waals surface area contributed by atoms with Crippen molar-refractivity contribution in [2.75, 3.05) is 7.11 Å². The lowest BCUT2D eigenvalue weighted by Crippen LogP contribution is -2.33. The van der Waals surface area contributed by atoms with Gasteiger partial charge in [-0.3, -0.25) is 4.79 Å². The summed E-state index contributed by atoms with van der Waals surface area (Å²) in [6.45, 7) is 4.05. The molecular weight excluding hydrogens is 373 g/mol. The molecule has 0 heterocycles. The van der Waals surface area contributed by atoms with Crippen LogP contribution in [0.3, 0.4) is 0 Å². The number of halogens is 2. The minimum Gasteiger partial charge on any atom is -0.508 e. The molecule has 140 valence electrons. The zero-order chi connectivity index (χ0) is 19.4. The van der Waals surface area contributed by atoms with E-state index in [2.05, 4.69) is 4.74 Å². The summed E-state index contributed by atoms with van der Waals surface area (Å²) in [5.74, 6) is 0.0165. The van der Waals surface area contributed by atoms with Gasteiger partial charge in [-0.15, -0.1) is 0 Å². The van der Waals surface area contributed by atoms with Crippen molar-refractivity contribution in [2.24, 2.45) is 5.73 Å². The first kappa shape index (κ1) is 20.6. The number of phenolic OH excluding ortho intramolecular Hbond substituents is 1. The van der Waals surface area contributed by atoms with Crippen molar-refractivity contribution in [3.8, 4) is 5.75 Å². The molecule has 0 aliphatic carbocycles. The van der Waals surface area contributed by atoms with Gasteiger partial charge in [0, 0.05) is 16.5 Å². The lowest BCUT2D eigenvalue weighted by atomic mass is 9.95. The highest BCUT2D eigenvalue weighted by atomic mass is 35.5. The van der Waals surface area contributed by atoms with Gasteiger partial charge >= 0.3 is 5.97 Å². The quantitative estimate of drug-likeness (QED) is 0.708. The minimum absolute atomic E-state index is 0.211. The number of benzene rings is 2. The summed E-state index contributed by atoms with van der Waals surface area (Å²) in [5.41, 5.74) is 9.26. The zero-order valence-corrected chi connectivity index (χ0v) is 16.6. The molecule has 0 amide bonds. The van der Waals surface area contributed by atoms with E-state index in [0.717, 1.165) is 22.3 Å². The highest BCUT2D eigenvalue weighted by Gasteiger charge is 2.17. The second-order valence-electron chi connectivity index (χ2n) is 6.60. The van der Waals surface area contributed by atoms with Crippen LogP contribution >= 0.6 is 23.2 Å². The maximum atomic E-state index is 11.5. The molecule has 0 radical (unpaired) electrons. The van der Waals surface area contributed by atoms with E-state index in [1.54, 1.807) is 18.2 Å². The predicted octanol–water partition coefficient (Wildman–Crippen LogP) is 4.46. The molecule has 0 saturated carbocycles. The molecule has 0 fully saturated rings. The third-order valence-electron chi connectivity index (χ3n) is 4.26. The molecular formula is C20H23Cl2NO3. The number of hydrogen-bond donors (Lipinski definition) is 2. The normalized spacial score (nSPS) is 12.3. The summed E-state index contributed by atoms with van der Waals surface area (Å²) in [5, 5.41) is 11.0. The Morgan fingerprint density at radius 2 is 1.77 bits per heavy atom. The Bertz CT molecular complexity index is 783. The first-order chi connectivity index (χ1) is 12.2. The van der Waals surface area contributed by atoms with E-state index >= 15 is 0 Å². The SMILES string of the molecule is COC(=O)C(N)Cc1cc(Cl)c(Cc2ccc(O)c(C(C)C)c2)c(Cl)c1. The standard InChI is InChI=1S/C20H23Cl2NO3/c1-11(2)14-6-12(4-5-19(14)24)7-15-16(21)8-13(9-17(15)22)10-18(23)20(25)26-3/h4-6,8-9,11,18,24H,7,10,23H2,1-3H3. The van der Waals surface area contributed by atoms with Crippen LogP contribution in [0.25, 0.3) is 0 Å². The van der Waals surface area contributed by atoms with Gasteiger partial charge in [-0.05, 0) is 52.8 Å². The van der Waals surface area contributed by atoms with Crippen LogP contribution in [0.5, 0.6) is 5.75 Å². The fourth-order valence-electron chi connectivity index (χ4n) is 2.81. The highest BCUT2D eigenvalue weighted by molar-refractivity contribution is 6.36. The molecule has 1 unspecified atom stereocenters. The van der Waals surface area contributed by atoms with Crippen molar-refractivity contribution in [2.45, 2.75) is 38.6 Å². The fourth-order valence-corrected chi connectivity index (χ4v) is 3.48. The molecule has 0 aliphatic rings. The first-order valence-electron chi connectivity index (χ1n) is 8.35. The molecule has 0 spiro atoms. The molecule has 26 heavy (non-hydrogen) atoms. The van der Waals surface area contributed by atoms with Gasteiger partial charge in [0.25, 0.3) is 0 Å². The number of esters is 1. The van der Waals surface area contributed by atoms with Gasteiger partial charge in [-0.2, -0.15) is 0 Å². The van der Waals surface area contributed by atoms with Gasteiger partial charge in [0.1, 0.15) is 11.8 Å². The van der Waals surface area contributed by atoms with Gasteiger partial charge in [-0.1, -0.05) is 49.2 Å². The topological polar surface area (TPSA) is 72.5 Å². The number of methoxy groups -OCH3 is 1. The number of carbonyl (C=O) groups excluding carboxylic acids is 1. The molecule has 0 aromatic heterocycles. The van der Waals surface area contributed by atoms with E-state index in [1.807, 2.05) is 26.0 Å². The van der Waals surface area contributed by atoms with Crippen molar-refractivity contribution in [3.63, 3.8) is 0 Å². The minimum atomic E-state index is -0.760. The Kier molecular flexibility index (Phi) is 6.93. The van der Waals surface area contributed by atoms with Crippen molar-refractivity contribution in [3.05, 3.63) is 62.6 Å². The predicted molar refractivity (Wildman–Crippen MR) is 105 cm³/mol. The van der Waals surface area contributed by atoms with Crippen molar-refractivity contribution in [1.82, 2.24) is 0 Å². The zero-order valence-electron chi connectivity index (χ0n) is 15.1. The van der Waals surface area contributed by atoms with Crippen LogP contribution in [0.15, 0.2) is 30.3 Å². The second kappa shape index (κ2) is 8.76. The van der Waals surface area contributed by atoms with E-state index in [-0.39, 0.29) is 11.7 Å². The van der Waals surface area contributed by atoms with Crippen LogP contribution in [0, 0.1) is 0 Å². The Labute approximate surface area is 163 Å². The number of rotatable bonds is 6. The molecule has 3 N–H and O–H groups in total. The Balaban J connectivity index is 2.26. The molecule has 6 heteroatoms. The number of aromatic hydroxyl groups is 1. The van der Waals surface area contributed by atoms with Gasteiger partial charge in [0.05, 0.1) is 7.11 Å². The van der Waals surface area contributed by atoms with Crippen LogP contribution in [-0.2, 0) is 22.4 Å². The van der Waals surface area contributed by atoms with E-state index in [9.17, 15) is 9.90 Å². The Morgan fingerprint density at radius 1 is 1.15 bits per heavy atom. The van der Waals surface area contributed by atoms with E-state index in [0.29, 0.717) is 22.9 Å². The number of carbonyl (C=O) groups is 1. The summed E-state index contributed by atoms with van der Waals surface area (Å²) in [6, 6.07) is 8.30. The van der Waals surface area contributed by atoms with Crippen LogP contribution in [-0.4, -0.2) is 24.2 Å². The molecule has 1 atom stereocenters. The molecule has 2 aromatic rings. The smallest absolute Gasteiger partial charge is 0.322 e. The highest BCUT2D eigenvalue weighted by Crippen LogP contribution is 2.32. The van der Waals surface area contributed by atoms with Crippen LogP contribution < -0.4 is 5.73 Å². The number of phenols is 1. The maximum absolute atomic E-state index is 11.5. The van der Waals surface area contributed by atoms with Gasteiger partial charge in [0.2, 0.25) is 0 Å². The Hall–Kier alpha value is -1.75. The molecule has 0 bridgehead atoms. The van der Waals surface area contributed by atoms with Gasteiger partial charge in [-0.25, -0.2) is 0 Å². The van der Waals surface area contributed by atoms with E-state index < -0.39 is 12.0 Å². The number of nitrogens with two attached hydrogens (primary N) is 1. The summed E-state index contributed by atoms with van der Waals surface area (Å²) in [4.78, 5) is 11.5. The summed E-state index contributed by atoms with van der Waals surface area (Å²) >= 11 is 12.8. The lowest BCUT2D eigenvalue weighted by Gasteiger charge is -2.14. The third-order valence-corrected chi connectivity index (χ3v) is 4.93. The first-order valence-corrected chi connectivity index (χ1v) is 9.10. The average Bonchev–Trinajstić information content (AvgIpc) is 2.58. The molecule has 4 nitrogen and oxygen atoms in total.